The Morgan fingerprint density at radius 3 is 2.71 bits per heavy atom. The van der Waals surface area contributed by atoms with Gasteiger partial charge in [0.15, 0.2) is 5.82 Å². The molecule has 0 bridgehead atoms. The lowest BCUT2D eigenvalue weighted by molar-refractivity contribution is -0.0935. The van der Waals surface area contributed by atoms with Gasteiger partial charge in [0.05, 0.1) is 19.8 Å². The van der Waals surface area contributed by atoms with E-state index in [1.807, 2.05) is 12.4 Å². The van der Waals surface area contributed by atoms with Crippen molar-refractivity contribution < 1.29 is 9.47 Å². The van der Waals surface area contributed by atoms with Crippen LogP contribution in [0.2, 0.25) is 0 Å². The minimum absolute atomic E-state index is 0.115. The van der Waals surface area contributed by atoms with Crippen LogP contribution in [0.5, 0.6) is 0 Å². The van der Waals surface area contributed by atoms with Crippen LogP contribution in [0.15, 0.2) is 12.4 Å². The van der Waals surface area contributed by atoms with Crippen LogP contribution in [0.25, 0.3) is 0 Å². The van der Waals surface area contributed by atoms with Gasteiger partial charge in [-0.2, -0.15) is 0 Å². The summed E-state index contributed by atoms with van der Waals surface area (Å²) in [5.41, 5.74) is 1.08. The van der Waals surface area contributed by atoms with Gasteiger partial charge in [0, 0.05) is 30.5 Å². The summed E-state index contributed by atoms with van der Waals surface area (Å²) in [6.07, 6.45) is 3.57. The van der Waals surface area contributed by atoms with Gasteiger partial charge in [0.1, 0.15) is 6.10 Å². The monoisotopic (exact) mass is 237 g/mol. The number of hydrogen-bond acceptors (Lipinski definition) is 5. The van der Waals surface area contributed by atoms with Crippen molar-refractivity contribution in [1.29, 1.82) is 0 Å². The van der Waals surface area contributed by atoms with Gasteiger partial charge in [-0.25, -0.2) is 9.97 Å². The summed E-state index contributed by atoms with van der Waals surface area (Å²) < 4.78 is 10.9. The van der Waals surface area contributed by atoms with Gasteiger partial charge in [-0.1, -0.05) is 13.8 Å². The molecule has 94 valence electrons. The zero-order chi connectivity index (χ0) is 12.1. The summed E-state index contributed by atoms with van der Waals surface area (Å²) in [5, 5.41) is 3.32. The van der Waals surface area contributed by atoms with Crippen LogP contribution in [0.3, 0.4) is 0 Å². The van der Waals surface area contributed by atoms with Crippen molar-refractivity contribution in [3.8, 4) is 0 Å². The van der Waals surface area contributed by atoms with Crippen LogP contribution in [0.1, 0.15) is 31.3 Å². The quantitative estimate of drug-likeness (QED) is 0.848. The van der Waals surface area contributed by atoms with Crippen molar-refractivity contribution in [1.82, 2.24) is 15.3 Å². The average molecular weight is 237 g/mol. The van der Waals surface area contributed by atoms with Crippen LogP contribution in [-0.2, 0) is 16.0 Å². The number of hydrogen-bond donors (Lipinski definition) is 1. The molecule has 5 nitrogen and oxygen atoms in total. The molecule has 5 heteroatoms. The number of aromatic nitrogens is 2. The second kappa shape index (κ2) is 6.05. The number of nitrogens with one attached hydrogen (secondary N) is 1. The third-order valence-corrected chi connectivity index (χ3v) is 2.54. The molecule has 2 heterocycles. The molecule has 1 fully saturated rings. The van der Waals surface area contributed by atoms with E-state index >= 15 is 0 Å². The predicted octanol–water partition coefficient (Wildman–Crippen LogP) is 1.06. The van der Waals surface area contributed by atoms with Gasteiger partial charge >= 0.3 is 0 Å². The first-order chi connectivity index (χ1) is 8.25. The first kappa shape index (κ1) is 12.4. The summed E-state index contributed by atoms with van der Waals surface area (Å²) >= 11 is 0. The van der Waals surface area contributed by atoms with E-state index < -0.39 is 0 Å². The van der Waals surface area contributed by atoms with Crippen LogP contribution in [0, 0.1) is 0 Å². The van der Waals surface area contributed by atoms with E-state index in [9.17, 15) is 0 Å². The van der Waals surface area contributed by atoms with E-state index in [4.69, 9.17) is 9.47 Å². The molecular weight excluding hydrogens is 218 g/mol. The van der Waals surface area contributed by atoms with Gasteiger partial charge in [0.2, 0.25) is 0 Å². The maximum absolute atomic E-state index is 5.54. The molecule has 17 heavy (non-hydrogen) atoms. The molecule has 1 aliphatic rings. The minimum atomic E-state index is -0.115. The first-order valence-corrected chi connectivity index (χ1v) is 5.99. The fraction of sp³-hybridized carbons (Fsp3) is 0.667. The molecule has 1 unspecified atom stereocenters. The predicted molar refractivity (Wildman–Crippen MR) is 63.5 cm³/mol. The fourth-order valence-electron chi connectivity index (χ4n) is 1.58. The molecular formula is C12H19N3O2. The number of nitrogens with zero attached hydrogens (tertiary/aromatic N) is 2. The molecule has 0 amide bonds. The topological polar surface area (TPSA) is 56.3 Å². The van der Waals surface area contributed by atoms with Gasteiger partial charge in [0.25, 0.3) is 0 Å². The summed E-state index contributed by atoms with van der Waals surface area (Å²) in [7, 11) is 0. The van der Waals surface area contributed by atoms with Gasteiger partial charge in [-0.15, -0.1) is 0 Å². The molecule has 1 aliphatic heterocycles. The van der Waals surface area contributed by atoms with E-state index in [1.165, 1.54) is 0 Å². The Morgan fingerprint density at radius 2 is 2.12 bits per heavy atom. The molecule has 1 atom stereocenters. The number of ether oxygens (including phenoxy) is 2. The number of rotatable bonds is 4. The second-order valence-electron chi connectivity index (χ2n) is 4.42. The Balaban J connectivity index is 1.92. The highest BCUT2D eigenvalue weighted by Gasteiger charge is 2.18. The summed E-state index contributed by atoms with van der Waals surface area (Å²) in [6, 6.07) is 0.463. The van der Waals surface area contributed by atoms with E-state index in [0.717, 1.165) is 12.1 Å². The Hall–Kier alpha value is -1.04. The van der Waals surface area contributed by atoms with Crippen LogP contribution in [0.4, 0.5) is 0 Å². The lowest BCUT2D eigenvalue weighted by Gasteiger charge is -2.21. The lowest BCUT2D eigenvalue weighted by Crippen LogP contribution is -2.24. The fourth-order valence-corrected chi connectivity index (χ4v) is 1.58. The molecule has 2 rings (SSSR count). The van der Waals surface area contributed by atoms with Crippen molar-refractivity contribution in [2.24, 2.45) is 0 Å². The molecule has 0 aliphatic carbocycles. The Kier molecular flexibility index (Phi) is 4.42. The standard InChI is InChI=1S/C12H19N3O2/c1-9(2)13-5-10-6-14-12(15-7-10)11-8-16-3-4-17-11/h6-7,9,11,13H,3-5,8H2,1-2H3. The molecule has 1 aromatic rings. The van der Waals surface area contributed by atoms with E-state index in [-0.39, 0.29) is 6.10 Å². The normalized spacial score (nSPS) is 20.8. The largest absolute Gasteiger partial charge is 0.376 e. The summed E-state index contributed by atoms with van der Waals surface area (Å²) in [5.74, 6) is 0.706. The van der Waals surface area contributed by atoms with Crippen LogP contribution < -0.4 is 5.32 Å². The molecule has 1 aromatic heterocycles. The van der Waals surface area contributed by atoms with Crippen molar-refractivity contribution in [3.63, 3.8) is 0 Å². The van der Waals surface area contributed by atoms with Gasteiger partial charge in [-0.05, 0) is 0 Å². The summed E-state index contributed by atoms with van der Waals surface area (Å²) in [6.45, 7) is 6.84. The molecule has 0 spiro atoms. The SMILES string of the molecule is CC(C)NCc1cnc(C2COCCO2)nc1. The average Bonchev–Trinajstić information content (AvgIpc) is 2.38. The smallest absolute Gasteiger partial charge is 0.159 e. The van der Waals surface area contributed by atoms with Crippen molar-refractivity contribution in [2.45, 2.75) is 32.5 Å². The van der Waals surface area contributed by atoms with E-state index in [1.54, 1.807) is 0 Å². The van der Waals surface area contributed by atoms with Crippen molar-refractivity contribution in [3.05, 3.63) is 23.8 Å². The summed E-state index contributed by atoms with van der Waals surface area (Å²) in [4.78, 5) is 8.65. The first-order valence-electron chi connectivity index (χ1n) is 5.99. The third kappa shape index (κ3) is 3.73. The second-order valence-corrected chi connectivity index (χ2v) is 4.42. The van der Waals surface area contributed by atoms with E-state index in [0.29, 0.717) is 31.7 Å². The van der Waals surface area contributed by atoms with Crippen molar-refractivity contribution >= 4 is 0 Å². The van der Waals surface area contributed by atoms with Gasteiger partial charge in [-0.3, -0.25) is 0 Å². The Morgan fingerprint density at radius 1 is 1.35 bits per heavy atom. The highest BCUT2D eigenvalue weighted by molar-refractivity contribution is 5.06. The van der Waals surface area contributed by atoms with Crippen LogP contribution >= 0.6 is 0 Å². The van der Waals surface area contributed by atoms with Crippen molar-refractivity contribution in [2.75, 3.05) is 19.8 Å². The highest BCUT2D eigenvalue weighted by atomic mass is 16.6. The molecule has 1 saturated heterocycles. The maximum Gasteiger partial charge on any atom is 0.159 e. The molecule has 0 aromatic carbocycles. The Labute approximate surface area is 102 Å². The zero-order valence-corrected chi connectivity index (χ0v) is 10.3. The molecule has 0 radical (unpaired) electrons. The zero-order valence-electron chi connectivity index (χ0n) is 10.3. The molecule has 0 saturated carbocycles. The third-order valence-electron chi connectivity index (χ3n) is 2.54. The highest BCUT2D eigenvalue weighted by Crippen LogP contribution is 2.16. The lowest BCUT2D eigenvalue weighted by atomic mass is 10.3. The maximum atomic E-state index is 5.54. The minimum Gasteiger partial charge on any atom is -0.376 e. The molecule has 1 N–H and O–H groups in total. The van der Waals surface area contributed by atoms with Crippen LogP contribution in [-0.4, -0.2) is 35.8 Å². The van der Waals surface area contributed by atoms with E-state index in [2.05, 4.69) is 29.1 Å². The Bertz CT molecular complexity index is 334. The van der Waals surface area contributed by atoms with Gasteiger partial charge < -0.3 is 14.8 Å².